The molecule has 1 N–H and O–H groups in total. The average molecular weight is 564 g/mol. The average Bonchev–Trinajstić information content (AvgIpc) is 3.70. The maximum absolute atomic E-state index is 14.2. The van der Waals surface area contributed by atoms with Crippen LogP contribution in [0.25, 0.3) is 0 Å². The lowest BCUT2D eigenvalue weighted by Gasteiger charge is -2.29. The van der Waals surface area contributed by atoms with Gasteiger partial charge in [-0.1, -0.05) is 42.3 Å². The zero-order valence-corrected chi connectivity index (χ0v) is 21.8. The Balaban J connectivity index is 1.80. The maximum Gasteiger partial charge on any atom is 0.433 e. The number of benzene rings is 3. The van der Waals surface area contributed by atoms with Crippen LogP contribution in [-0.4, -0.2) is 40.9 Å². The molecule has 1 aliphatic carbocycles. The molecular formula is C27H24F3NO5S2. The molecule has 0 amide bonds. The lowest BCUT2D eigenvalue weighted by molar-refractivity contribution is -0.240. The van der Waals surface area contributed by atoms with Crippen LogP contribution in [0.5, 0.6) is 0 Å². The molecule has 0 saturated heterocycles. The summed E-state index contributed by atoms with van der Waals surface area (Å²) < 4.78 is 94.2. The first-order valence-corrected chi connectivity index (χ1v) is 14.9. The number of anilines is 1. The van der Waals surface area contributed by atoms with Gasteiger partial charge in [0.15, 0.2) is 9.84 Å². The second-order valence-electron chi connectivity index (χ2n) is 9.10. The van der Waals surface area contributed by atoms with Gasteiger partial charge in [0, 0.05) is 23.9 Å². The van der Waals surface area contributed by atoms with Crippen molar-refractivity contribution < 1.29 is 35.1 Å². The topological polar surface area (TPSA) is 91.8 Å². The fraction of sp³-hybridized carbons (Fsp3) is 0.259. The van der Waals surface area contributed by atoms with E-state index in [2.05, 4.69) is 5.92 Å². The van der Waals surface area contributed by atoms with E-state index in [0.717, 1.165) is 41.6 Å². The second-order valence-corrected chi connectivity index (χ2v) is 13.0. The zero-order valence-electron chi connectivity index (χ0n) is 20.2. The van der Waals surface area contributed by atoms with Crippen LogP contribution < -0.4 is 4.31 Å². The standard InChI is InChI=1S/C27H24F3NO5S2/c1-37(33,34)25-12-5-7-20(17-25)15-16-26(32,27(28,29)30)22-8-6-9-23(18-22)31(19-21-13-14-21)38(35,36)24-10-3-2-4-11-24/h2-12,17-18,21,32H,13-14,19H2,1H3. The summed E-state index contributed by atoms with van der Waals surface area (Å²) in [5, 5.41) is 10.8. The first kappa shape index (κ1) is 27.7. The number of halogens is 3. The van der Waals surface area contributed by atoms with Crippen molar-refractivity contribution in [3.05, 3.63) is 90.0 Å². The second kappa shape index (κ2) is 10.1. The molecule has 1 aliphatic rings. The van der Waals surface area contributed by atoms with Crippen molar-refractivity contribution in [2.75, 3.05) is 17.1 Å². The summed E-state index contributed by atoms with van der Waals surface area (Å²) in [6.45, 7) is 0.0785. The van der Waals surface area contributed by atoms with Gasteiger partial charge in [-0.2, -0.15) is 13.2 Å². The molecule has 1 atom stereocenters. The summed E-state index contributed by atoms with van der Waals surface area (Å²) in [6.07, 6.45) is -2.71. The summed E-state index contributed by atoms with van der Waals surface area (Å²) in [7, 11) is -7.74. The van der Waals surface area contributed by atoms with Crippen LogP contribution >= 0.6 is 0 Å². The Bertz CT molecular complexity index is 1610. The summed E-state index contributed by atoms with van der Waals surface area (Å²) >= 11 is 0. The smallest absolute Gasteiger partial charge is 0.366 e. The van der Waals surface area contributed by atoms with Crippen molar-refractivity contribution in [3.63, 3.8) is 0 Å². The fourth-order valence-electron chi connectivity index (χ4n) is 3.76. The predicted molar refractivity (Wildman–Crippen MR) is 137 cm³/mol. The third-order valence-electron chi connectivity index (χ3n) is 6.06. The van der Waals surface area contributed by atoms with Crippen LogP contribution in [0.1, 0.15) is 24.0 Å². The minimum absolute atomic E-state index is 0.0114. The fourth-order valence-corrected chi connectivity index (χ4v) is 5.98. The van der Waals surface area contributed by atoms with Gasteiger partial charge < -0.3 is 5.11 Å². The number of aliphatic hydroxyl groups is 1. The van der Waals surface area contributed by atoms with Crippen LogP contribution in [0, 0.1) is 17.8 Å². The summed E-state index contributed by atoms with van der Waals surface area (Å²) in [6, 6.07) is 17.2. The van der Waals surface area contributed by atoms with Gasteiger partial charge in [-0.3, -0.25) is 4.31 Å². The van der Waals surface area contributed by atoms with E-state index >= 15 is 0 Å². The molecule has 3 aromatic rings. The van der Waals surface area contributed by atoms with Crippen LogP contribution in [0.15, 0.2) is 88.7 Å². The van der Waals surface area contributed by atoms with Gasteiger partial charge >= 0.3 is 6.18 Å². The van der Waals surface area contributed by atoms with Gasteiger partial charge in [0.05, 0.1) is 15.5 Å². The highest BCUT2D eigenvalue weighted by molar-refractivity contribution is 7.92. The van der Waals surface area contributed by atoms with Crippen molar-refractivity contribution in [3.8, 4) is 11.8 Å². The summed E-state index contributed by atoms with van der Waals surface area (Å²) in [5.74, 6) is 4.16. The first-order valence-electron chi connectivity index (χ1n) is 11.5. The van der Waals surface area contributed by atoms with E-state index in [-0.39, 0.29) is 33.5 Å². The van der Waals surface area contributed by atoms with E-state index in [1.54, 1.807) is 18.2 Å². The highest BCUT2D eigenvalue weighted by Gasteiger charge is 2.54. The van der Waals surface area contributed by atoms with Crippen LogP contribution in [0.2, 0.25) is 0 Å². The molecule has 0 aliphatic heterocycles. The minimum Gasteiger partial charge on any atom is -0.366 e. The molecule has 38 heavy (non-hydrogen) atoms. The molecular weight excluding hydrogens is 539 g/mol. The SMILES string of the molecule is CS(=O)(=O)c1cccc(C#CC(O)(c2cccc(N(CC3CC3)S(=O)(=O)c3ccccc3)c2)C(F)(F)F)c1. The molecule has 6 nitrogen and oxygen atoms in total. The quantitative estimate of drug-likeness (QED) is 0.428. The van der Waals surface area contributed by atoms with E-state index in [9.17, 15) is 35.1 Å². The molecule has 11 heteroatoms. The van der Waals surface area contributed by atoms with Gasteiger partial charge in [0.2, 0.25) is 5.60 Å². The molecule has 1 unspecified atom stereocenters. The number of rotatable bonds is 7. The van der Waals surface area contributed by atoms with Crippen LogP contribution in [0.4, 0.5) is 18.9 Å². The Morgan fingerprint density at radius 3 is 2.13 bits per heavy atom. The number of nitrogens with zero attached hydrogens (tertiary/aromatic N) is 1. The maximum atomic E-state index is 14.2. The highest BCUT2D eigenvalue weighted by atomic mass is 32.2. The van der Waals surface area contributed by atoms with E-state index in [0.29, 0.717) is 0 Å². The molecule has 0 aromatic heterocycles. The molecule has 3 aromatic carbocycles. The van der Waals surface area contributed by atoms with Gasteiger partial charge in [-0.05, 0) is 67.1 Å². The van der Waals surface area contributed by atoms with Crippen molar-refractivity contribution in [1.82, 2.24) is 0 Å². The number of sulfonamides is 1. The predicted octanol–water partition coefficient (Wildman–Crippen LogP) is 4.50. The van der Waals surface area contributed by atoms with E-state index in [1.165, 1.54) is 42.5 Å². The molecule has 0 heterocycles. The van der Waals surface area contributed by atoms with Crippen molar-refractivity contribution >= 4 is 25.5 Å². The number of alkyl halides is 3. The van der Waals surface area contributed by atoms with Gasteiger partial charge in [-0.25, -0.2) is 16.8 Å². The first-order chi connectivity index (χ1) is 17.7. The summed E-state index contributed by atoms with van der Waals surface area (Å²) in [5.41, 5.74) is -4.42. The number of hydrogen-bond donors (Lipinski definition) is 1. The monoisotopic (exact) mass is 563 g/mol. The number of sulfone groups is 1. The Morgan fingerprint density at radius 1 is 0.895 bits per heavy atom. The molecule has 1 saturated carbocycles. The van der Waals surface area contributed by atoms with Crippen molar-refractivity contribution in [2.45, 2.75) is 34.4 Å². The Kier molecular flexibility index (Phi) is 7.36. The van der Waals surface area contributed by atoms with E-state index < -0.39 is 37.2 Å². The molecule has 4 rings (SSSR count). The number of hydrogen-bond acceptors (Lipinski definition) is 5. The Morgan fingerprint density at radius 2 is 1.53 bits per heavy atom. The lowest BCUT2D eigenvalue weighted by Crippen LogP contribution is -2.41. The van der Waals surface area contributed by atoms with Gasteiger partial charge in [-0.15, -0.1) is 0 Å². The van der Waals surface area contributed by atoms with Gasteiger partial charge in [0.1, 0.15) is 0 Å². The van der Waals surface area contributed by atoms with Crippen LogP contribution in [-0.2, 0) is 25.5 Å². The molecule has 200 valence electrons. The highest BCUT2D eigenvalue weighted by Crippen LogP contribution is 2.41. The molecule has 1 fully saturated rings. The van der Waals surface area contributed by atoms with Crippen molar-refractivity contribution in [2.24, 2.45) is 5.92 Å². The van der Waals surface area contributed by atoms with Crippen molar-refractivity contribution in [1.29, 1.82) is 0 Å². The zero-order chi connectivity index (χ0) is 27.8. The van der Waals surface area contributed by atoms with E-state index in [4.69, 9.17) is 0 Å². The molecule has 0 bridgehead atoms. The lowest BCUT2D eigenvalue weighted by atomic mass is 9.92. The normalized spacial score (nSPS) is 15.7. The largest absolute Gasteiger partial charge is 0.433 e. The molecule has 0 radical (unpaired) electrons. The van der Waals surface area contributed by atoms with Crippen LogP contribution in [0.3, 0.4) is 0 Å². The third-order valence-corrected chi connectivity index (χ3v) is 8.98. The van der Waals surface area contributed by atoms with E-state index in [1.807, 2.05) is 5.92 Å². The minimum atomic E-state index is -5.26. The Labute approximate surface area is 219 Å². The van der Waals surface area contributed by atoms with Gasteiger partial charge in [0.25, 0.3) is 10.0 Å². The molecule has 0 spiro atoms. The Hall–Kier alpha value is -3.33. The third kappa shape index (κ3) is 5.88. The summed E-state index contributed by atoms with van der Waals surface area (Å²) in [4.78, 5) is -0.147.